The SMILES string of the molecule is COC(=O)C(NC(=O)N1CC[C@@H](N2CCN(c3ccc(OC)cc3)CC2)[C@H](OC(=O)c2ccc3ccccc3c2)C1)C(C)C. The third-order valence-corrected chi connectivity index (χ3v) is 8.68. The van der Waals surface area contributed by atoms with E-state index in [1.165, 1.54) is 7.11 Å². The van der Waals surface area contributed by atoms with E-state index in [0.29, 0.717) is 18.5 Å². The molecule has 3 aromatic carbocycles. The summed E-state index contributed by atoms with van der Waals surface area (Å²) in [5.74, 6) is -0.227. The summed E-state index contributed by atoms with van der Waals surface area (Å²) < 4.78 is 16.4. The van der Waals surface area contributed by atoms with E-state index in [2.05, 4.69) is 27.2 Å². The average Bonchev–Trinajstić information content (AvgIpc) is 3.06. The van der Waals surface area contributed by atoms with E-state index in [1.807, 2.05) is 62.4 Å². The molecule has 0 bridgehead atoms. The third kappa shape index (κ3) is 7.07. The first-order valence-electron chi connectivity index (χ1n) is 15.2. The summed E-state index contributed by atoms with van der Waals surface area (Å²) in [6, 6.07) is 20.3. The second kappa shape index (κ2) is 14.0. The van der Waals surface area contributed by atoms with Crippen molar-refractivity contribution < 1.29 is 28.6 Å². The molecule has 5 rings (SSSR count). The maximum absolute atomic E-state index is 13.5. The van der Waals surface area contributed by atoms with Gasteiger partial charge in [0.2, 0.25) is 0 Å². The molecule has 2 aliphatic heterocycles. The highest BCUT2D eigenvalue weighted by Crippen LogP contribution is 2.26. The highest BCUT2D eigenvalue weighted by Gasteiger charge is 2.39. The smallest absolute Gasteiger partial charge is 0.338 e. The number of anilines is 1. The van der Waals surface area contributed by atoms with E-state index >= 15 is 0 Å². The van der Waals surface area contributed by atoms with Crippen LogP contribution in [0, 0.1) is 5.92 Å². The molecule has 1 unspecified atom stereocenters. The van der Waals surface area contributed by atoms with Gasteiger partial charge >= 0.3 is 18.0 Å². The van der Waals surface area contributed by atoms with E-state index in [0.717, 1.165) is 48.4 Å². The number of hydrogen-bond acceptors (Lipinski definition) is 8. The molecule has 2 amide bonds. The van der Waals surface area contributed by atoms with Gasteiger partial charge in [0.15, 0.2) is 0 Å². The number of piperidine rings is 1. The fraction of sp³-hybridized carbons (Fsp3) is 0.441. The molecule has 3 atom stereocenters. The number of rotatable bonds is 8. The minimum atomic E-state index is -0.769. The van der Waals surface area contributed by atoms with Crippen molar-refractivity contribution in [3.05, 3.63) is 72.3 Å². The van der Waals surface area contributed by atoms with E-state index in [4.69, 9.17) is 14.2 Å². The molecule has 2 aliphatic rings. The van der Waals surface area contributed by atoms with Crippen molar-refractivity contribution in [1.29, 1.82) is 0 Å². The number of methoxy groups -OCH3 is 2. The second-order valence-corrected chi connectivity index (χ2v) is 11.7. The predicted octanol–water partition coefficient (Wildman–Crippen LogP) is 4.18. The Morgan fingerprint density at radius 3 is 2.23 bits per heavy atom. The lowest BCUT2D eigenvalue weighted by atomic mass is 9.98. The summed E-state index contributed by atoms with van der Waals surface area (Å²) >= 11 is 0. The fourth-order valence-electron chi connectivity index (χ4n) is 6.10. The lowest BCUT2D eigenvalue weighted by Crippen LogP contribution is -2.62. The molecule has 2 saturated heterocycles. The number of nitrogens with zero attached hydrogens (tertiary/aromatic N) is 3. The Bertz CT molecular complexity index is 1450. The van der Waals surface area contributed by atoms with Crippen LogP contribution in [0.4, 0.5) is 10.5 Å². The molecule has 2 heterocycles. The van der Waals surface area contributed by atoms with Crippen LogP contribution in [-0.4, -0.2) is 99.4 Å². The lowest BCUT2D eigenvalue weighted by Gasteiger charge is -2.46. The van der Waals surface area contributed by atoms with Gasteiger partial charge < -0.3 is 29.3 Å². The molecule has 0 aliphatic carbocycles. The molecule has 1 N–H and O–H groups in total. The molecule has 0 spiro atoms. The molecule has 2 fully saturated rings. The number of hydrogen-bond donors (Lipinski definition) is 1. The number of esters is 2. The van der Waals surface area contributed by atoms with Gasteiger partial charge in [-0.3, -0.25) is 4.90 Å². The Balaban J connectivity index is 1.31. The van der Waals surface area contributed by atoms with Gasteiger partial charge in [-0.1, -0.05) is 44.2 Å². The standard InChI is InChI=1S/C34H42N4O6/c1-23(2)31(33(40)43-4)35-34(41)38-16-15-29(37-19-17-36(18-20-37)27-11-13-28(42-3)14-12-27)30(22-38)44-32(39)26-10-9-24-7-5-6-8-25(24)21-26/h5-14,21,23,29-31H,15-20,22H2,1-4H3,(H,35,41)/t29-,30-,31?/m1/s1. The molecule has 234 valence electrons. The normalized spacial score (nSPS) is 19.8. The molecule has 0 aromatic heterocycles. The van der Waals surface area contributed by atoms with Gasteiger partial charge in [-0.2, -0.15) is 0 Å². The van der Waals surface area contributed by atoms with Gasteiger partial charge in [0.05, 0.1) is 32.4 Å². The number of carbonyl (C=O) groups excluding carboxylic acids is 3. The van der Waals surface area contributed by atoms with Crippen molar-refractivity contribution in [3.63, 3.8) is 0 Å². The lowest BCUT2D eigenvalue weighted by molar-refractivity contribution is -0.144. The van der Waals surface area contributed by atoms with Crippen LogP contribution < -0.4 is 15.0 Å². The quantitative estimate of drug-likeness (QED) is 0.384. The van der Waals surface area contributed by atoms with Gasteiger partial charge in [0.1, 0.15) is 17.9 Å². The van der Waals surface area contributed by atoms with E-state index in [1.54, 1.807) is 18.1 Å². The number of fused-ring (bicyclic) bond motifs is 1. The van der Waals surface area contributed by atoms with Crippen LogP contribution >= 0.6 is 0 Å². The summed E-state index contributed by atoms with van der Waals surface area (Å²) in [6.07, 6.45) is 0.0903. The van der Waals surface area contributed by atoms with Crippen molar-refractivity contribution in [2.45, 2.75) is 38.5 Å². The van der Waals surface area contributed by atoms with Crippen LogP contribution in [0.25, 0.3) is 10.8 Å². The van der Waals surface area contributed by atoms with E-state index in [-0.39, 0.29) is 24.5 Å². The maximum atomic E-state index is 13.5. The number of piperazine rings is 1. The molecule has 44 heavy (non-hydrogen) atoms. The van der Waals surface area contributed by atoms with Gasteiger partial charge in [-0.25, -0.2) is 14.4 Å². The largest absolute Gasteiger partial charge is 0.497 e. The number of likely N-dealkylation sites (tertiary alicyclic amines) is 1. The summed E-state index contributed by atoms with van der Waals surface area (Å²) in [6.45, 7) is 7.66. The van der Waals surface area contributed by atoms with Crippen LogP contribution in [0.2, 0.25) is 0 Å². The number of ether oxygens (including phenoxy) is 3. The highest BCUT2D eigenvalue weighted by molar-refractivity contribution is 5.95. The Morgan fingerprint density at radius 1 is 0.864 bits per heavy atom. The number of nitrogens with one attached hydrogen (secondary N) is 1. The first kappa shape index (κ1) is 31.1. The van der Waals surface area contributed by atoms with Crippen molar-refractivity contribution >= 4 is 34.4 Å². The summed E-state index contributed by atoms with van der Waals surface area (Å²) in [5.41, 5.74) is 1.61. The number of amides is 2. The van der Waals surface area contributed by atoms with Gasteiger partial charge in [-0.05, 0) is 59.5 Å². The number of urea groups is 1. The summed E-state index contributed by atoms with van der Waals surface area (Å²) in [4.78, 5) is 45.5. The Morgan fingerprint density at radius 2 is 1.57 bits per heavy atom. The summed E-state index contributed by atoms with van der Waals surface area (Å²) in [7, 11) is 2.97. The zero-order valence-corrected chi connectivity index (χ0v) is 25.9. The number of carbonyl (C=O) groups is 3. The Hall–Kier alpha value is -4.31. The van der Waals surface area contributed by atoms with Gasteiger partial charge in [-0.15, -0.1) is 0 Å². The average molecular weight is 603 g/mol. The third-order valence-electron chi connectivity index (χ3n) is 8.68. The Kier molecular flexibility index (Phi) is 9.89. The zero-order chi connectivity index (χ0) is 31.2. The monoisotopic (exact) mass is 602 g/mol. The molecule has 10 heteroatoms. The Labute approximate surface area is 258 Å². The van der Waals surface area contributed by atoms with Crippen LogP contribution in [0.5, 0.6) is 5.75 Å². The van der Waals surface area contributed by atoms with Crippen LogP contribution in [-0.2, 0) is 14.3 Å². The van der Waals surface area contributed by atoms with Gasteiger partial charge in [0, 0.05) is 38.4 Å². The molecule has 0 saturated carbocycles. The first-order chi connectivity index (χ1) is 21.3. The minimum Gasteiger partial charge on any atom is -0.497 e. The highest BCUT2D eigenvalue weighted by atomic mass is 16.5. The van der Waals surface area contributed by atoms with Crippen molar-refractivity contribution in [2.24, 2.45) is 5.92 Å². The van der Waals surface area contributed by atoms with Crippen LogP contribution in [0.15, 0.2) is 66.7 Å². The summed E-state index contributed by atoms with van der Waals surface area (Å²) in [5, 5.41) is 4.83. The molecule has 3 aromatic rings. The second-order valence-electron chi connectivity index (χ2n) is 11.7. The molecular weight excluding hydrogens is 560 g/mol. The molecule has 0 radical (unpaired) electrons. The molecule has 10 nitrogen and oxygen atoms in total. The topological polar surface area (TPSA) is 101 Å². The van der Waals surface area contributed by atoms with Crippen molar-refractivity contribution in [1.82, 2.24) is 15.1 Å². The first-order valence-corrected chi connectivity index (χ1v) is 15.2. The maximum Gasteiger partial charge on any atom is 0.338 e. The van der Waals surface area contributed by atoms with E-state index < -0.39 is 24.1 Å². The van der Waals surface area contributed by atoms with Crippen LogP contribution in [0.1, 0.15) is 30.6 Å². The van der Waals surface area contributed by atoms with Crippen LogP contribution in [0.3, 0.4) is 0 Å². The van der Waals surface area contributed by atoms with Gasteiger partial charge in [0.25, 0.3) is 0 Å². The minimum absolute atomic E-state index is 0.0528. The van der Waals surface area contributed by atoms with Crippen molar-refractivity contribution in [2.75, 3.05) is 58.4 Å². The predicted molar refractivity (Wildman–Crippen MR) is 169 cm³/mol. The molecular formula is C34H42N4O6. The van der Waals surface area contributed by atoms with Crippen molar-refractivity contribution in [3.8, 4) is 5.75 Å². The number of benzene rings is 3. The zero-order valence-electron chi connectivity index (χ0n) is 25.9. The fourth-order valence-corrected chi connectivity index (χ4v) is 6.10. The van der Waals surface area contributed by atoms with E-state index in [9.17, 15) is 14.4 Å².